The van der Waals surface area contributed by atoms with Crippen molar-refractivity contribution in [1.29, 1.82) is 0 Å². The zero-order chi connectivity index (χ0) is 31.1. The Morgan fingerprint density at radius 3 is 2.41 bits per heavy atom. The smallest absolute Gasteiger partial charge is 0.339 e. The molecule has 44 heavy (non-hydrogen) atoms. The summed E-state index contributed by atoms with van der Waals surface area (Å²) in [5.74, 6) is 0.861. The number of ether oxygens (including phenoxy) is 1. The van der Waals surface area contributed by atoms with Gasteiger partial charge in [-0.25, -0.2) is 4.79 Å². The van der Waals surface area contributed by atoms with Gasteiger partial charge in [0.25, 0.3) is 0 Å². The van der Waals surface area contributed by atoms with Gasteiger partial charge in [0.2, 0.25) is 0 Å². The van der Waals surface area contributed by atoms with Crippen LogP contribution in [-0.4, -0.2) is 40.8 Å². The van der Waals surface area contributed by atoms with E-state index in [2.05, 4.69) is 65.6 Å². The van der Waals surface area contributed by atoms with Crippen LogP contribution >= 0.6 is 23.8 Å². The molecule has 0 bridgehead atoms. The topological polar surface area (TPSA) is 62.6 Å². The largest absolute Gasteiger partial charge is 0.465 e. The van der Waals surface area contributed by atoms with E-state index in [0.717, 1.165) is 52.8 Å². The van der Waals surface area contributed by atoms with Crippen molar-refractivity contribution >= 4 is 46.3 Å². The number of aromatic nitrogens is 2. The number of pyridine rings is 1. The van der Waals surface area contributed by atoms with Crippen molar-refractivity contribution in [2.45, 2.75) is 46.2 Å². The Hall–Kier alpha value is -3.88. The summed E-state index contributed by atoms with van der Waals surface area (Å²) in [7, 11) is 1.41. The predicted molar refractivity (Wildman–Crippen MR) is 181 cm³/mol. The van der Waals surface area contributed by atoms with E-state index in [1.807, 2.05) is 48.7 Å². The summed E-state index contributed by atoms with van der Waals surface area (Å²) >= 11 is 13.1. The van der Waals surface area contributed by atoms with Gasteiger partial charge in [0.05, 0.1) is 46.8 Å². The summed E-state index contributed by atoms with van der Waals surface area (Å²) in [5.41, 5.74) is 7.20. The molecular formula is C35H38ClN5O2S. The van der Waals surface area contributed by atoms with Crippen molar-refractivity contribution in [2.75, 3.05) is 30.0 Å². The number of nitrogens with zero attached hydrogens (tertiary/aromatic N) is 4. The highest BCUT2D eigenvalue weighted by molar-refractivity contribution is 7.80. The Morgan fingerprint density at radius 1 is 1.00 bits per heavy atom. The van der Waals surface area contributed by atoms with Gasteiger partial charge in [-0.05, 0) is 98.4 Å². The number of para-hydroxylation sites is 1. The van der Waals surface area contributed by atoms with E-state index in [0.29, 0.717) is 27.5 Å². The van der Waals surface area contributed by atoms with Crippen LogP contribution in [0.1, 0.15) is 65.4 Å². The molecule has 2 aromatic carbocycles. The van der Waals surface area contributed by atoms with Gasteiger partial charge in [0.15, 0.2) is 5.11 Å². The van der Waals surface area contributed by atoms with Crippen molar-refractivity contribution in [1.82, 2.24) is 14.9 Å². The second-order valence-electron chi connectivity index (χ2n) is 12.2. The zero-order valence-corrected chi connectivity index (χ0v) is 27.3. The lowest BCUT2D eigenvalue weighted by Gasteiger charge is -2.37. The first-order valence-electron chi connectivity index (χ1n) is 15.1. The summed E-state index contributed by atoms with van der Waals surface area (Å²) in [5, 5.41) is 4.89. The summed E-state index contributed by atoms with van der Waals surface area (Å²) < 4.78 is 7.23. The number of anilines is 2. The van der Waals surface area contributed by atoms with Crippen molar-refractivity contribution in [3.05, 3.63) is 106 Å². The average molecular weight is 628 g/mol. The number of nitrogens with one attached hydrogen (secondary N) is 1. The van der Waals surface area contributed by atoms with Crippen molar-refractivity contribution < 1.29 is 9.53 Å². The van der Waals surface area contributed by atoms with Crippen LogP contribution in [0.15, 0.2) is 72.9 Å². The van der Waals surface area contributed by atoms with Crippen molar-refractivity contribution in [3.63, 3.8) is 0 Å². The van der Waals surface area contributed by atoms with Gasteiger partial charge in [0.1, 0.15) is 0 Å². The molecule has 4 aromatic rings. The number of benzene rings is 2. The molecule has 2 fully saturated rings. The number of hydrogen-bond acceptors (Lipinski definition) is 5. The third kappa shape index (κ3) is 5.46. The van der Waals surface area contributed by atoms with E-state index in [1.165, 1.54) is 13.5 Å². The van der Waals surface area contributed by atoms with E-state index in [9.17, 15) is 4.79 Å². The van der Waals surface area contributed by atoms with E-state index in [1.54, 1.807) is 6.07 Å². The maximum atomic E-state index is 12.7. The molecule has 4 heterocycles. The number of carbonyl (C=O) groups is 1. The minimum Gasteiger partial charge on any atom is -0.465 e. The Kier molecular flexibility index (Phi) is 8.40. The number of piperidine rings is 1. The van der Waals surface area contributed by atoms with Gasteiger partial charge in [-0.15, -0.1) is 0 Å². The van der Waals surface area contributed by atoms with Crippen LogP contribution in [0.4, 0.5) is 11.4 Å². The third-order valence-electron chi connectivity index (χ3n) is 8.86. The molecule has 2 aliphatic heterocycles. The summed E-state index contributed by atoms with van der Waals surface area (Å²) in [6, 6.07) is 21.5. The zero-order valence-electron chi connectivity index (χ0n) is 25.8. The number of carbonyl (C=O) groups excluding carboxylic acids is 1. The molecular weight excluding hydrogens is 590 g/mol. The van der Waals surface area contributed by atoms with Crippen LogP contribution in [0.2, 0.25) is 5.02 Å². The van der Waals surface area contributed by atoms with Gasteiger partial charge >= 0.3 is 5.97 Å². The number of thiocarbonyl (C=S) groups is 1. The van der Waals surface area contributed by atoms with Crippen LogP contribution in [0.5, 0.6) is 0 Å². The highest BCUT2D eigenvalue weighted by atomic mass is 35.5. The van der Waals surface area contributed by atoms with E-state index in [-0.39, 0.29) is 18.1 Å². The molecule has 7 nitrogen and oxygen atoms in total. The maximum absolute atomic E-state index is 12.7. The Balaban J connectivity index is 1.46. The standard InChI is InChI=1S/C35H38ClN5O2S/c1-21-16-22(2)20-39(19-21)31-14-13-25(18-28(31)36)41-33(32(38-35(41)44)29-11-8-9-15-37-29)27-17-23(3)40(24(27)4)30-12-7-6-10-26(30)34(42)43-5/h6-15,17-18,21-22,32-33H,16,19-20H2,1-5H3,(H,38,44)/t21-,22+,32-,33-/m0/s1. The summed E-state index contributed by atoms with van der Waals surface area (Å²) in [6.07, 6.45) is 3.04. The van der Waals surface area contributed by atoms with Gasteiger partial charge in [-0.3, -0.25) is 4.98 Å². The first-order chi connectivity index (χ1) is 21.2. The van der Waals surface area contributed by atoms with Crippen LogP contribution < -0.4 is 15.1 Å². The first-order valence-corrected chi connectivity index (χ1v) is 15.9. The molecule has 0 spiro atoms. The SMILES string of the molecule is COC(=O)c1ccccc1-n1c(C)cc([C@H]2[C@H](c3ccccn3)NC(=S)N2c2ccc(N3C[C@H](C)C[C@H](C)C3)c(Cl)c2)c1C. The molecule has 0 radical (unpaired) electrons. The molecule has 2 saturated heterocycles. The second kappa shape index (κ2) is 12.3. The quantitative estimate of drug-likeness (QED) is 0.175. The number of aryl methyl sites for hydroxylation is 1. The fourth-order valence-electron chi connectivity index (χ4n) is 7.12. The lowest BCUT2D eigenvalue weighted by atomic mass is 9.91. The molecule has 0 aliphatic carbocycles. The number of methoxy groups -OCH3 is 1. The Morgan fingerprint density at radius 2 is 1.73 bits per heavy atom. The van der Waals surface area contributed by atoms with Gasteiger partial charge < -0.3 is 24.4 Å². The van der Waals surface area contributed by atoms with Crippen LogP contribution in [0.3, 0.4) is 0 Å². The lowest BCUT2D eigenvalue weighted by molar-refractivity contribution is 0.0600. The molecule has 4 atom stereocenters. The molecule has 6 rings (SSSR count). The summed E-state index contributed by atoms with van der Waals surface area (Å²) in [4.78, 5) is 22.0. The average Bonchev–Trinajstić information content (AvgIpc) is 3.50. The highest BCUT2D eigenvalue weighted by Gasteiger charge is 2.42. The lowest BCUT2D eigenvalue weighted by Crippen LogP contribution is -2.38. The number of rotatable bonds is 6. The van der Waals surface area contributed by atoms with E-state index in [4.69, 9.17) is 33.5 Å². The maximum Gasteiger partial charge on any atom is 0.339 e. The minimum absolute atomic E-state index is 0.212. The monoisotopic (exact) mass is 627 g/mol. The normalized spacial score (nSPS) is 21.8. The Labute approximate surface area is 269 Å². The molecule has 2 aromatic heterocycles. The number of hydrogen-bond donors (Lipinski definition) is 1. The number of halogens is 1. The third-order valence-corrected chi connectivity index (χ3v) is 9.47. The van der Waals surface area contributed by atoms with E-state index < -0.39 is 0 Å². The van der Waals surface area contributed by atoms with Crippen LogP contribution in [0.25, 0.3) is 5.69 Å². The molecule has 9 heteroatoms. The van der Waals surface area contributed by atoms with Crippen molar-refractivity contribution in [2.24, 2.45) is 11.8 Å². The molecule has 2 aliphatic rings. The minimum atomic E-state index is -0.376. The Bertz CT molecular complexity index is 1700. The van der Waals surface area contributed by atoms with Crippen molar-refractivity contribution in [3.8, 4) is 5.69 Å². The van der Waals surface area contributed by atoms with Gasteiger partial charge in [-0.1, -0.05) is 43.6 Å². The highest BCUT2D eigenvalue weighted by Crippen LogP contribution is 2.45. The van der Waals surface area contributed by atoms with E-state index >= 15 is 0 Å². The second-order valence-corrected chi connectivity index (χ2v) is 12.9. The molecule has 1 N–H and O–H groups in total. The molecule has 0 amide bonds. The fraction of sp³-hybridized carbons (Fsp3) is 0.343. The van der Waals surface area contributed by atoms with Gasteiger partial charge in [-0.2, -0.15) is 0 Å². The van der Waals surface area contributed by atoms with Crippen LogP contribution in [-0.2, 0) is 4.74 Å². The fourth-order valence-corrected chi connectivity index (χ4v) is 7.76. The first kappa shape index (κ1) is 30.2. The number of esters is 1. The summed E-state index contributed by atoms with van der Waals surface area (Å²) in [6.45, 7) is 10.7. The predicted octanol–water partition coefficient (Wildman–Crippen LogP) is 7.59. The molecule has 0 unspecified atom stereocenters. The van der Waals surface area contributed by atoms with Crippen LogP contribution in [0, 0.1) is 25.7 Å². The molecule has 228 valence electrons. The molecule has 0 saturated carbocycles. The van der Waals surface area contributed by atoms with Gasteiger partial charge in [0, 0.05) is 36.4 Å².